The minimum absolute atomic E-state index is 0.136. The van der Waals surface area contributed by atoms with E-state index in [0.29, 0.717) is 12.0 Å². The lowest BCUT2D eigenvalue weighted by Gasteiger charge is -2.16. The van der Waals surface area contributed by atoms with Crippen molar-refractivity contribution < 1.29 is 31.4 Å². The van der Waals surface area contributed by atoms with Crippen LogP contribution >= 0.6 is 24.1 Å². The summed E-state index contributed by atoms with van der Waals surface area (Å²) in [6.45, 7) is 2.22. The maximum Gasteiger partial charge on any atom is 0.175 e. The molecule has 0 radical (unpaired) electrons. The standard InChI is InChI=1S/C20H34O7S3/c1-4-5-6-7-8-9-10-11-12-13-14-18-19(24-26-28-2)15-17(30(21,22)23)16-20(18)25-27-29-3/h15-16H,4-14H2,1-3H3,(H,21,22,23)/p-1. The molecule has 0 amide bonds. The molecule has 1 aromatic rings. The van der Waals surface area contributed by atoms with Crippen molar-refractivity contribution in [1.29, 1.82) is 0 Å². The molecule has 0 aliphatic heterocycles. The monoisotopic (exact) mass is 481 g/mol. The van der Waals surface area contributed by atoms with Gasteiger partial charge in [0.1, 0.15) is 10.1 Å². The van der Waals surface area contributed by atoms with Gasteiger partial charge in [-0.15, -0.1) is 8.67 Å². The number of benzene rings is 1. The molecule has 0 saturated carbocycles. The topological polar surface area (TPSA) is 94.1 Å². The van der Waals surface area contributed by atoms with Crippen LogP contribution in [-0.4, -0.2) is 25.5 Å². The fourth-order valence-corrected chi connectivity index (χ4v) is 3.85. The maximum absolute atomic E-state index is 11.5. The van der Waals surface area contributed by atoms with E-state index in [1.165, 1.54) is 44.9 Å². The lowest BCUT2D eigenvalue weighted by molar-refractivity contribution is -0.0871. The van der Waals surface area contributed by atoms with Crippen molar-refractivity contribution in [3.05, 3.63) is 17.7 Å². The third-order valence-corrected chi connectivity index (χ3v) is 5.82. The molecule has 1 rings (SSSR count). The normalized spacial score (nSPS) is 11.6. The van der Waals surface area contributed by atoms with Gasteiger partial charge in [-0.25, -0.2) is 8.42 Å². The van der Waals surface area contributed by atoms with Crippen molar-refractivity contribution in [2.75, 3.05) is 12.5 Å². The first-order valence-corrected chi connectivity index (χ1v) is 14.0. The van der Waals surface area contributed by atoms with Crippen LogP contribution in [0.4, 0.5) is 0 Å². The number of rotatable bonds is 18. The summed E-state index contributed by atoms with van der Waals surface area (Å²) in [5.41, 5.74) is 0.602. The summed E-state index contributed by atoms with van der Waals surface area (Å²) >= 11 is 1.92. The predicted molar refractivity (Wildman–Crippen MR) is 120 cm³/mol. The molecule has 0 atom stereocenters. The van der Waals surface area contributed by atoms with Crippen LogP contribution in [0, 0.1) is 0 Å². The molecule has 0 N–H and O–H groups in total. The number of hydrogen-bond donors (Lipinski definition) is 0. The van der Waals surface area contributed by atoms with E-state index in [1.54, 1.807) is 12.5 Å². The Hall–Kier alpha value is -0.650. The third kappa shape index (κ3) is 11.1. The van der Waals surface area contributed by atoms with Gasteiger partial charge in [0.15, 0.2) is 11.5 Å². The lowest BCUT2D eigenvalue weighted by atomic mass is 10.0. The minimum Gasteiger partial charge on any atom is -0.744 e. The Morgan fingerprint density at radius 3 is 1.63 bits per heavy atom. The largest absolute Gasteiger partial charge is 0.744 e. The van der Waals surface area contributed by atoms with Gasteiger partial charge >= 0.3 is 0 Å². The van der Waals surface area contributed by atoms with Crippen LogP contribution in [-0.2, 0) is 25.2 Å². The smallest absolute Gasteiger partial charge is 0.175 e. The number of hydrogen-bond acceptors (Lipinski definition) is 9. The highest BCUT2D eigenvalue weighted by Crippen LogP contribution is 2.35. The Morgan fingerprint density at radius 2 is 1.23 bits per heavy atom. The fraction of sp³-hybridized carbons (Fsp3) is 0.700. The van der Waals surface area contributed by atoms with Crippen LogP contribution in [0.25, 0.3) is 0 Å². The van der Waals surface area contributed by atoms with Gasteiger partial charge in [0.05, 0.1) is 4.90 Å². The summed E-state index contributed by atoms with van der Waals surface area (Å²) in [4.78, 5) is 9.94. The zero-order valence-electron chi connectivity index (χ0n) is 18.0. The van der Waals surface area contributed by atoms with E-state index in [9.17, 15) is 13.0 Å². The Labute approximate surface area is 189 Å². The third-order valence-electron chi connectivity index (χ3n) is 4.59. The Bertz CT molecular complexity index is 667. The average Bonchev–Trinajstić information content (AvgIpc) is 2.71. The predicted octanol–water partition coefficient (Wildman–Crippen LogP) is 6.23. The molecule has 0 bridgehead atoms. The molecule has 0 saturated heterocycles. The first-order chi connectivity index (χ1) is 14.4. The second-order valence-corrected chi connectivity index (χ2v) is 9.24. The highest BCUT2D eigenvalue weighted by Gasteiger charge is 2.18. The van der Waals surface area contributed by atoms with Crippen molar-refractivity contribution in [2.24, 2.45) is 0 Å². The van der Waals surface area contributed by atoms with Gasteiger partial charge < -0.3 is 14.3 Å². The first-order valence-electron chi connectivity index (χ1n) is 10.3. The zero-order chi connectivity index (χ0) is 22.2. The molecule has 1 aromatic carbocycles. The second-order valence-electron chi connectivity index (χ2n) is 6.92. The van der Waals surface area contributed by atoms with Crippen LogP contribution in [0.15, 0.2) is 17.0 Å². The molecule has 0 heterocycles. The number of unbranched alkanes of at least 4 members (excludes halogenated alkanes) is 9. The van der Waals surface area contributed by atoms with E-state index >= 15 is 0 Å². The van der Waals surface area contributed by atoms with Crippen LogP contribution in [0.5, 0.6) is 11.5 Å². The van der Waals surface area contributed by atoms with E-state index in [2.05, 4.69) is 6.92 Å². The molecule has 0 aliphatic rings. The summed E-state index contributed by atoms with van der Waals surface area (Å²) in [6.07, 6.45) is 15.9. The highest BCUT2D eigenvalue weighted by atomic mass is 32.2. The Balaban J connectivity index is 2.70. The van der Waals surface area contributed by atoms with E-state index in [-0.39, 0.29) is 11.5 Å². The first kappa shape index (κ1) is 27.4. The van der Waals surface area contributed by atoms with Gasteiger partial charge in [0.2, 0.25) is 0 Å². The molecule has 0 spiro atoms. The van der Waals surface area contributed by atoms with E-state index in [1.807, 2.05) is 0 Å². The quantitative estimate of drug-likeness (QED) is 0.0794. The molecule has 10 heteroatoms. The highest BCUT2D eigenvalue weighted by molar-refractivity contribution is 7.94. The molecule has 0 fully saturated rings. The fourth-order valence-electron chi connectivity index (χ4n) is 3.07. The van der Waals surface area contributed by atoms with E-state index in [4.69, 9.17) is 18.4 Å². The van der Waals surface area contributed by atoms with Crippen molar-refractivity contribution in [3.63, 3.8) is 0 Å². The van der Waals surface area contributed by atoms with Gasteiger partial charge in [-0.1, -0.05) is 64.7 Å². The molecule has 7 nitrogen and oxygen atoms in total. The van der Waals surface area contributed by atoms with Gasteiger partial charge in [0, 0.05) is 54.3 Å². The molecule has 0 unspecified atom stereocenters. The molecular formula is C20H33O7S3-. The van der Waals surface area contributed by atoms with Crippen LogP contribution < -0.4 is 9.78 Å². The van der Waals surface area contributed by atoms with Crippen LogP contribution in [0.1, 0.15) is 76.7 Å². The SMILES string of the molecule is CCCCCCCCCCCCc1c(OOSC)cc(S(=O)(=O)[O-])cc1OOSC. The Morgan fingerprint density at radius 1 is 0.800 bits per heavy atom. The second kappa shape index (κ2) is 16.0. The summed E-state index contributed by atoms with van der Waals surface area (Å²) < 4.78 is 44.3. The van der Waals surface area contributed by atoms with Crippen molar-refractivity contribution in [1.82, 2.24) is 0 Å². The molecule has 174 valence electrons. The molecule has 30 heavy (non-hydrogen) atoms. The average molecular weight is 482 g/mol. The van der Waals surface area contributed by atoms with Crippen molar-refractivity contribution >= 4 is 34.2 Å². The summed E-state index contributed by atoms with van der Waals surface area (Å²) in [5, 5.41) is 0. The van der Waals surface area contributed by atoms with Crippen molar-refractivity contribution in [3.8, 4) is 11.5 Å². The summed E-state index contributed by atoms with van der Waals surface area (Å²) in [6, 6.07) is 2.33. The molecule has 0 aliphatic carbocycles. The van der Waals surface area contributed by atoms with Gasteiger partial charge in [0.25, 0.3) is 0 Å². The zero-order valence-corrected chi connectivity index (χ0v) is 20.5. The van der Waals surface area contributed by atoms with Crippen LogP contribution in [0.3, 0.4) is 0 Å². The maximum atomic E-state index is 11.5. The summed E-state index contributed by atoms with van der Waals surface area (Å²) in [7, 11) is -4.69. The van der Waals surface area contributed by atoms with Crippen molar-refractivity contribution in [2.45, 2.75) is 82.4 Å². The van der Waals surface area contributed by atoms with Gasteiger partial charge in [-0.05, 0) is 12.8 Å². The Kier molecular flexibility index (Phi) is 14.6. The van der Waals surface area contributed by atoms with Gasteiger partial charge in [-0.3, -0.25) is 0 Å². The van der Waals surface area contributed by atoms with Gasteiger partial charge in [-0.2, -0.15) is 0 Å². The van der Waals surface area contributed by atoms with Crippen LogP contribution in [0.2, 0.25) is 0 Å². The van der Waals surface area contributed by atoms with E-state index in [0.717, 1.165) is 55.5 Å². The summed E-state index contributed by atoms with van der Waals surface area (Å²) in [5.74, 6) is 0.272. The lowest BCUT2D eigenvalue weighted by Crippen LogP contribution is -2.05. The molecule has 0 aromatic heterocycles. The van der Waals surface area contributed by atoms with E-state index < -0.39 is 15.0 Å². The molecular weight excluding hydrogens is 448 g/mol. The minimum atomic E-state index is -4.69.